The Morgan fingerprint density at radius 1 is 1.00 bits per heavy atom. The summed E-state index contributed by atoms with van der Waals surface area (Å²) in [7, 11) is 0. The van der Waals surface area contributed by atoms with E-state index in [1.54, 1.807) is 0 Å². The molecule has 0 bridgehead atoms. The third-order valence-electron chi connectivity index (χ3n) is 4.02. The van der Waals surface area contributed by atoms with Crippen molar-refractivity contribution in [2.24, 2.45) is 0 Å². The van der Waals surface area contributed by atoms with Crippen LogP contribution < -0.4 is 0 Å². The van der Waals surface area contributed by atoms with Crippen LogP contribution in [0.5, 0.6) is 0 Å². The number of aliphatic hydroxyl groups is 1. The van der Waals surface area contributed by atoms with E-state index in [0.717, 1.165) is 36.5 Å². The summed E-state index contributed by atoms with van der Waals surface area (Å²) in [5, 5.41) is 12.1. The van der Waals surface area contributed by atoms with E-state index < -0.39 is 6.10 Å². The lowest BCUT2D eigenvalue weighted by atomic mass is 9.80. The Kier molecular flexibility index (Phi) is 3.04. The molecule has 0 unspecified atom stereocenters. The summed E-state index contributed by atoms with van der Waals surface area (Å²) in [5.41, 5.74) is 0.709. The quantitative estimate of drug-likeness (QED) is 0.804. The van der Waals surface area contributed by atoms with Gasteiger partial charge in [0, 0.05) is 11.5 Å². The fourth-order valence-corrected chi connectivity index (χ4v) is 3.09. The molecule has 2 aromatic rings. The van der Waals surface area contributed by atoms with Gasteiger partial charge in [-0.3, -0.25) is 0 Å². The van der Waals surface area contributed by atoms with E-state index in [1.165, 1.54) is 6.07 Å². The predicted molar refractivity (Wildman–Crippen MR) is 71.1 cm³/mol. The zero-order chi connectivity index (χ0) is 12.5. The van der Waals surface area contributed by atoms with E-state index in [-0.39, 0.29) is 11.7 Å². The molecule has 1 nitrogen and oxygen atoms in total. The highest BCUT2D eigenvalue weighted by Gasteiger charge is 2.28. The van der Waals surface area contributed by atoms with Crippen LogP contribution in [0.3, 0.4) is 0 Å². The molecular weight excluding hydrogens is 227 g/mol. The van der Waals surface area contributed by atoms with Gasteiger partial charge in [0.1, 0.15) is 5.82 Å². The molecule has 1 fully saturated rings. The van der Waals surface area contributed by atoms with Crippen molar-refractivity contribution in [3.8, 4) is 0 Å². The fourth-order valence-electron chi connectivity index (χ4n) is 3.09. The van der Waals surface area contributed by atoms with Crippen LogP contribution in [-0.4, -0.2) is 11.2 Å². The maximum absolute atomic E-state index is 14.2. The molecule has 18 heavy (non-hydrogen) atoms. The number of aliphatic hydroxyl groups excluding tert-OH is 1. The minimum atomic E-state index is -0.404. The molecular formula is C16H17FO. The molecule has 3 rings (SSSR count). The minimum Gasteiger partial charge on any atom is -0.392 e. The van der Waals surface area contributed by atoms with Gasteiger partial charge < -0.3 is 5.11 Å². The Labute approximate surface area is 106 Å². The minimum absolute atomic E-state index is 0.0511. The van der Waals surface area contributed by atoms with Crippen LogP contribution in [0.4, 0.5) is 4.39 Å². The third kappa shape index (κ3) is 1.91. The summed E-state index contributed by atoms with van der Waals surface area (Å²) >= 11 is 0. The second-order valence-corrected chi connectivity index (χ2v) is 5.14. The van der Waals surface area contributed by atoms with E-state index in [2.05, 4.69) is 0 Å². The van der Waals surface area contributed by atoms with Crippen molar-refractivity contribution >= 4 is 10.8 Å². The lowest BCUT2D eigenvalue weighted by Gasteiger charge is -2.29. The fraction of sp³-hybridized carbons (Fsp3) is 0.375. The summed E-state index contributed by atoms with van der Waals surface area (Å²) in [6.45, 7) is 0. The summed E-state index contributed by atoms with van der Waals surface area (Å²) in [6.07, 6.45) is 3.38. The van der Waals surface area contributed by atoms with Crippen LogP contribution in [0.15, 0.2) is 36.4 Å². The molecule has 1 saturated carbocycles. The molecule has 1 aliphatic rings. The van der Waals surface area contributed by atoms with Crippen molar-refractivity contribution in [2.45, 2.75) is 37.7 Å². The number of rotatable bonds is 1. The van der Waals surface area contributed by atoms with E-state index in [4.69, 9.17) is 0 Å². The average molecular weight is 244 g/mol. The van der Waals surface area contributed by atoms with Gasteiger partial charge in [0.25, 0.3) is 0 Å². The van der Waals surface area contributed by atoms with Crippen LogP contribution in [0, 0.1) is 5.82 Å². The topological polar surface area (TPSA) is 20.2 Å². The lowest BCUT2D eigenvalue weighted by molar-refractivity contribution is 0.105. The van der Waals surface area contributed by atoms with Crippen LogP contribution in [0.2, 0.25) is 0 Å². The van der Waals surface area contributed by atoms with Crippen molar-refractivity contribution in [3.05, 3.63) is 47.8 Å². The summed E-state index contributed by atoms with van der Waals surface area (Å²) in [5.74, 6) is -0.232. The second-order valence-electron chi connectivity index (χ2n) is 5.14. The van der Waals surface area contributed by atoms with E-state index in [1.807, 2.05) is 30.3 Å². The summed E-state index contributed by atoms with van der Waals surface area (Å²) in [6, 6.07) is 11.2. The van der Waals surface area contributed by atoms with Crippen molar-refractivity contribution in [3.63, 3.8) is 0 Å². The molecule has 2 heteroatoms. The Balaban J connectivity index is 2.17. The van der Waals surface area contributed by atoms with Crippen molar-refractivity contribution in [1.82, 2.24) is 0 Å². The molecule has 0 saturated heterocycles. The number of halogens is 1. The molecule has 2 aromatic carbocycles. The smallest absolute Gasteiger partial charge is 0.127 e. The van der Waals surface area contributed by atoms with E-state index >= 15 is 0 Å². The Morgan fingerprint density at radius 3 is 2.61 bits per heavy atom. The Morgan fingerprint density at radius 2 is 1.78 bits per heavy atom. The first-order chi connectivity index (χ1) is 8.77. The zero-order valence-electron chi connectivity index (χ0n) is 10.3. The van der Waals surface area contributed by atoms with Gasteiger partial charge in [0.2, 0.25) is 0 Å². The Bertz CT molecular complexity index is 564. The van der Waals surface area contributed by atoms with Gasteiger partial charge >= 0.3 is 0 Å². The van der Waals surface area contributed by atoms with Crippen molar-refractivity contribution in [1.29, 1.82) is 0 Å². The molecule has 0 aromatic heterocycles. The van der Waals surface area contributed by atoms with E-state index in [0.29, 0.717) is 5.56 Å². The second kappa shape index (κ2) is 4.69. The zero-order valence-corrected chi connectivity index (χ0v) is 10.3. The van der Waals surface area contributed by atoms with Crippen molar-refractivity contribution < 1.29 is 9.50 Å². The van der Waals surface area contributed by atoms with Crippen LogP contribution >= 0.6 is 0 Å². The largest absolute Gasteiger partial charge is 0.392 e. The van der Waals surface area contributed by atoms with E-state index in [9.17, 15) is 9.50 Å². The summed E-state index contributed by atoms with van der Waals surface area (Å²) in [4.78, 5) is 0. The number of benzene rings is 2. The monoisotopic (exact) mass is 244 g/mol. The number of hydrogen-bond donors (Lipinski definition) is 1. The van der Waals surface area contributed by atoms with Gasteiger partial charge in [-0.1, -0.05) is 43.2 Å². The van der Waals surface area contributed by atoms with Gasteiger partial charge in [-0.15, -0.1) is 0 Å². The summed E-state index contributed by atoms with van der Waals surface area (Å²) < 4.78 is 14.2. The predicted octanol–water partition coefficient (Wildman–Crippen LogP) is 4.00. The normalized spacial score (nSPS) is 24.3. The first kappa shape index (κ1) is 11.7. The SMILES string of the molecule is O[C@H]1CCCC[C@H]1c1c(F)ccc2ccccc12. The first-order valence-corrected chi connectivity index (χ1v) is 6.62. The van der Waals surface area contributed by atoms with Gasteiger partial charge in [-0.2, -0.15) is 0 Å². The van der Waals surface area contributed by atoms with Gasteiger partial charge in [0.05, 0.1) is 6.10 Å². The molecule has 0 amide bonds. The highest BCUT2D eigenvalue weighted by molar-refractivity contribution is 5.86. The maximum atomic E-state index is 14.2. The van der Waals surface area contributed by atoms with Crippen LogP contribution in [0.25, 0.3) is 10.8 Å². The standard InChI is InChI=1S/C16H17FO/c17-14-10-9-11-5-1-2-6-12(11)16(14)13-7-3-4-8-15(13)18/h1-2,5-6,9-10,13,15,18H,3-4,7-8H2/t13-,15+/m1/s1. The highest BCUT2D eigenvalue weighted by atomic mass is 19.1. The number of hydrogen-bond acceptors (Lipinski definition) is 1. The molecule has 0 aliphatic heterocycles. The first-order valence-electron chi connectivity index (χ1n) is 6.62. The molecule has 1 N–H and O–H groups in total. The van der Waals surface area contributed by atoms with Crippen molar-refractivity contribution in [2.75, 3.05) is 0 Å². The highest BCUT2D eigenvalue weighted by Crippen LogP contribution is 2.38. The number of fused-ring (bicyclic) bond motifs is 1. The lowest BCUT2D eigenvalue weighted by Crippen LogP contribution is -2.23. The Hall–Kier alpha value is -1.41. The molecule has 1 aliphatic carbocycles. The maximum Gasteiger partial charge on any atom is 0.127 e. The van der Waals surface area contributed by atoms with Gasteiger partial charge in [-0.05, 0) is 29.7 Å². The third-order valence-corrected chi connectivity index (χ3v) is 4.02. The molecule has 0 spiro atoms. The van der Waals surface area contributed by atoms with Crippen LogP contribution in [-0.2, 0) is 0 Å². The molecule has 0 radical (unpaired) electrons. The van der Waals surface area contributed by atoms with Crippen LogP contribution in [0.1, 0.15) is 37.2 Å². The van der Waals surface area contributed by atoms with Gasteiger partial charge in [-0.25, -0.2) is 4.39 Å². The molecule has 94 valence electrons. The molecule has 0 heterocycles. The molecule has 2 atom stereocenters. The van der Waals surface area contributed by atoms with Gasteiger partial charge in [0.15, 0.2) is 0 Å². The average Bonchev–Trinajstić information content (AvgIpc) is 2.40.